The average Bonchev–Trinajstić information content (AvgIpc) is 2.13. The van der Waals surface area contributed by atoms with Crippen LogP contribution in [0.5, 0.6) is 5.88 Å². The van der Waals surface area contributed by atoms with E-state index in [1.807, 2.05) is 0 Å². The van der Waals surface area contributed by atoms with Crippen LogP contribution < -0.4 is 4.74 Å². The highest BCUT2D eigenvalue weighted by molar-refractivity contribution is 7.71. The zero-order valence-electron chi connectivity index (χ0n) is 8.22. The van der Waals surface area contributed by atoms with Gasteiger partial charge in [-0.15, -0.1) is 0 Å². The molecule has 3 nitrogen and oxygen atoms in total. The van der Waals surface area contributed by atoms with E-state index in [0.29, 0.717) is 0 Å². The number of aromatic nitrogens is 1. The van der Waals surface area contributed by atoms with Crippen molar-refractivity contribution in [3.8, 4) is 5.88 Å². The molecule has 0 amide bonds. The number of carbonyl (C=O) groups is 1. The van der Waals surface area contributed by atoms with Gasteiger partial charge in [-0.1, -0.05) is 12.2 Å². The monoisotopic (exact) mass is 251 g/mol. The molecule has 0 saturated heterocycles. The number of Topliss-reactive ketones (excluding diaryl/α,β-unsaturated/α-hetero) is 1. The second-order valence-corrected chi connectivity index (χ2v) is 3.50. The summed E-state index contributed by atoms with van der Waals surface area (Å²) in [6.45, 7) is -0.142. The zero-order chi connectivity index (χ0) is 12.3. The van der Waals surface area contributed by atoms with Crippen LogP contribution in [0.25, 0.3) is 0 Å². The summed E-state index contributed by atoms with van der Waals surface area (Å²) in [5, 5.41) is 0. The van der Waals surface area contributed by atoms with Gasteiger partial charge in [-0.25, -0.2) is 0 Å². The first-order valence-corrected chi connectivity index (χ1v) is 4.63. The van der Waals surface area contributed by atoms with E-state index in [9.17, 15) is 18.0 Å². The lowest BCUT2D eigenvalue weighted by molar-refractivity contribution is -0.154. The number of nitrogens with one attached hydrogen (secondary N) is 1. The van der Waals surface area contributed by atoms with E-state index in [-0.39, 0.29) is 21.9 Å². The summed E-state index contributed by atoms with van der Waals surface area (Å²) in [5.74, 6) is -0.466. The molecule has 0 atom stereocenters. The first-order chi connectivity index (χ1) is 7.28. The summed E-state index contributed by atoms with van der Waals surface area (Å²) < 4.78 is 40.2. The molecule has 1 N–H and O–H groups in total. The van der Waals surface area contributed by atoms with Gasteiger partial charge in [0.05, 0.1) is 0 Å². The molecule has 0 bridgehead atoms. The van der Waals surface area contributed by atoms with E-state index in [2.05, 4.69) is 9.72 Å². The van der Waals surface area contributed by atoms with Crippen molar-refractivity contribution in [2.75, 3.05) is 6.61 Å². The van der Waals surface area contributed by atoms with E-state index in [1.165, 1.54) is 19.1 Å². The van der Waals surface area contributed by atoms with E-state index in [1.54, 1.807) is 0 Å². The van der Waals surface area contributed by atoms with Crippen molar-refractivity contribution >= 4 is 18.0 Å². The third-order valence-electron chi connectivity index (χ3n) is 1.62. The molecule has 16 heavy (non-hydrogen) atoms. The Balaban J connectivity index is 2.89. The van der Waals surface area contributed by atoms with Crippen LogP contribution in [0.4, 0.5) is 13.2 Å². The summed E-state index contributed by atoms with van der Waals surface area (Å²) >= 11 is 4.74. The lowest BCUT2D eigenvalue weighted by Crippen LogP contribution is -2.19. The predicted octanol–water partition coefficient (Wildman–Crippen LogP) is 2.89. The smallest absolute Gasteiger partial charge is 0.422 e. The normalized spacial score (nSPS) is 11.2. The Bertz CT molecular complexity index is 453. The van der Waals surface area contributed by atoms with Crippen molar-refractivity contribution in [1.82, 2.24) is 4.98 Å². The fourth-order valence-corrected chi connectivity index (χ4v) is 1.19. The van der Waals surface area contributed by atoms with Crippen LogP contribution >= 0.6 is 12.2 Å². The average molecular weight is 251 g/mol. The first-order valence-electron chi connectivity index (χ1n) is 4.23. The number of pyridine rings is 1. The number of alkyl halides is 3. The predicted molar refractivity (Wildman–Crippen MR) is 53.2 cm³/mol. The van der Waals surface area contributed by atoms with Gasteiger partial charge in [0.25, 0.3) is 0 Å². The van der Waals surface area contributed by atoms with Crippen LogP contribution in [-0.4, -0.2) is 23.6 Å². The van der Waals surface area contributed by atoms with Crippen LogP contribution in [0.15, 0.2) is 12.1 Å². The molecular formula is C9H8F3NO2S. The topological polar surface area (TPSA) is 42.1 Å². The molecule has 0 spiro atoms. The van der Waals surface area contributed by atoms with Gasteiger partial charge in [0.2, 0.25) is 0 Å². The number of ketones is 1. The molecule has 1 rings (SSSR count). The van der Waals surface area contributed by atoms with Crippen molar-refractivity contribution < 1.29 is 22.7 Å². The van der Waals surface area contributed by atoms with E-state index in [0.717, 1.165) is 0 Å². The molecule has 0 unspecified atom stereocenters. The number of aromatic amines is 1. The maximum Gasteiger partial charge on any atom is 0.422 e. The third kappa shape index (κ3) is 4.01. The molecule has 88 valence electrons. The molecule has 1 heterocycles. The second kappa shape index (κ2) is 4.65. The molecule has 0 radical (unpaired) electrons. The van der Waals surface area contributed by atoms with Crippen LogP contribution in [0.3, 0.4) is 0 Å². The Morgan fingerprint density at radius 3 is 2.62 bits per heavy atom. The molecule has 0 fully saturated rings. The van der Waals surface area contributed by atoms with Gasteiger partial charge < -0.3 is 9.72 Å². The number of H-pyrrole nitrogens is 1. The van der Waals surface area contributed by atoms with Crippen LogP contribution in [-0.2, 0) is 0 Å². The fourth-order valence-electron chi connectivity index (χ4n) is 0.958. The van der Waals surface area contributed by atoms with Crippen LogP contribution in [0.2, 0.25) is 0 Å². The minimum atomic E-state index is -4.43. The quantitative estimate of drug-likeness (QED) is 0.663. The number of halogens is 3. The SMILES string of the molecule is CC(=O)c1cc(OCC(F)(F)F)[nH]c(=S)c1. The van der Waals surface area contributed by atoms with Gasteiger partial charge in [-0.2, -0.15) is 13.2 Å². The summed E-state index contributed by atoms with van der Waals surface area (Å²) in [6, 6.07) is 2.54. The number of carbonyl (C=O) groups excluding carboxylic acids is 1. The Morgan fingerprint density at radius 2 is 2.12 bits per heavy atom. The number of hydrogen-bond acceptors (Lipinski definition) is 3. The Morgan fingerprint density at radius 1 is 1.50 bits per heavy atom. The fraction of sp³-hybridized carbons (Fsp3) is 0.333. The molecule has 0 saturated carbocycles. The van der Waals surface area contributed by atoms with Gasteiger partial charge in [-0.3, -0.25) is 4.79 Å². The van der Waals surface area contributed by atoms with E-state index < -0.39 is 12.8 Å². The molecular weight excluding hydrogens is 243 g/mol. The molecule has 0 aliphatic heterocycles. The highest BCUT2D eigenvalue weighted by Crippen LogP contribution is 2.18. The number of rotatable bonds is 3. The molecule has 0 aliphatic carbocycles. The lowest BCUT2D eigenvalue weighted by atomic mass is 10.2. The Kier molecular flexibility index (Phi) is 3.69. The van der Waals surface area contributed by atoms with Gasteiger partial charge in [0, 0.05) is 11.6 Å². The molecule has 1 aromatic heterocycles. The third-order valence-corrected chi connectivity index (χ3v) is 1.84. The van der Waals surface area contributed by atoms with Crippen molar-refractivity contribution in [2.45, 2.75) is 13.1 Å². The summed E-state index contributed by atoms with van der Waals surface area (Å²) in [7, 11) is 0. The van der Waals surface area contributed by atoms with Gasteiger partial charge in [0.1, 0.15) is 4.64 Å². The molecule has 0 aliphatic rings. The van der Waals surface area contributed by atoms with Crippen molar-refractivity contribution in [3.05, 3.63) is 22.3 Å². The van der Waals surface area contributed by atoms with Crippen LogP contribution in [0, 0.1) is 4.64 Å². The first kappa shape index (κ1) is 12.7. The van der Waals surface area contributed by atoms with Crippen molar-refractivity contribution in [1.29, 1.82) is 0 Å². The largest absolute Gasteiger partial charge is 0.469 e. The summed E-state index contributed by atoms with van der Waals surface area (Å²) in [4.78, 5) is 13.4. The summed E-state index contributed by atoms with van der Waals surface area (Å²) in [6.07, 6.45) is -4.43. The highest BCUT2D eigenvalue weighted by Gasteiger charge is 2.28. The van der Waals surface area contributed by atoms with Crippen molar-refractivity contribution in [2.24, 2.45) is 0 Å². The van der Waals surface area contributed by atoms with Crippen LogP contribution in [0.1, 0.15) is 17.3 Å². The minimum absolute atomic E-state index is 0.143. The van der Waals surface area contributed by atoms with Gasteiger partial charge in [0.15, 0.2) is 18.3 Å². The number of hydrogen-bond donors (Lipinski definition) is 1. The highest BCUT2D eigenvalue weighted by atomic mass is 32.1. The Labute approximate surface area is 94.2 Å². The number of ether oxygens (including phenoxy) is 1. The molecule has 0 aromatic carbocycles. The van der Waals surface area contributed by atoms with Gasteiger partial charge >= 0.3 is 6.18 Å². The minimum Gasteiger partial charge on any atom is -0.469 e. The van der Waals surface area contributed by atoms with E-state index in [4.69, 9.17) is 12.2 Å². The molecule has 1 aromatic rings. The lowest BCUT2D eigenvalue weighted by Gasteiger charge is -2.09. The zero-order valence-corrected chi connectivity index (χ0v) is 9.04. The molecule has 7 heteroatoms. The maximum absolute atomic E-state index is 11.9. The van der Waals surface area contributed by atoms with Gasteiger partial charge in [-0.05, 0) is 13.0 Å². The standard InChI is InChI=1S/C9H8F3NO2S/c1-5(14)6-2-7(13-8(16)3-6)15-4-9(10,11)12/h2-3H,4H2,1H3,(H,13,16). The summed E-state index contributed by atoms with van der Waals surface area (Å²) in [5.41, 5.74) is 0.209. The Hall–Kier alpha value is -1.37. The van der Waals surface area contributed by atoms with E-state index >= 15 is 0 Å². The maximum atomic E-state index is 11.9. The second-order valence-electron chi connectivity index (χ2n) is 3.06. The van der Waals surface area contributed by atoms with Crippen molar-refractivity contribution in [3.63, 3.8) is 0 Å².